The molecule has 3 heterocycles. The second-order valence-electron chi connectivity index (χ2n) is 8.76. The molecule has 1 aromatic heterocycles. The van der Waals surface area contributed by atoms with Gasteiger partial charge < -0.3 is 14.9 Å². The van der Waals surface area contributed by atoms with Crippen LogP contribution in [0.4, 0.5) is 0 Å². The van der Waals surface area contributed by atoms with Gasteiger partial charge in [0.25, 0.3) is 0 Å². The summed E-state index contributed by atoms with van der Waals surface area (Å²) in [5.74, 6) is 0.254. The molecule has 2 bridgehead atoms. The molecule has 2 fully saturated rings. The summed E-state index contributed by atoms with van der Waals surface area (Å²) in [6, 6.07) is 5.89. The molecule has 2 aliphatic heterocycles. The van der Waals surface area contributed by atoms with Gasteiger partial charge in [-0.2, -0.15) is 0 Å². The normalized spacial score (nSPS) is 23.3. The molecule has 2 atom stereocenters. The van der Waals surface area contributed by atoms with E-state index in [1.54, 1.807) is 27.8 Å². The summed E-state index contributed by atoms with van der Waals surface area (Å²) in [6.45, 7) is 9.12. The number of carboxylic acid groups (broad SMARTS) is 1. The van der Waals surface area contributed by atoms with Crippen LogP contribution in [0.25, 0.3) is 0 Å². The number of pyridine rings is 1. The second-order valence-corrected chi connectivity index (χ2v) is 11.2. The Kier molecular flexibility index (Phi) is 12.5. The van der Waals surface area contributed by atoms with Gasteiger partial charge in [-0.05, 0) is 55.3 Å². The fourth-order valence-electron chi connectivity index (χ4n) is 4.21. The molecule has 190 valence electrons. The smallest absolute Gasteiger partial charge is 0.317 e. The quantitative estimate of drug-likeness (QED) is 0.378. The minimum Gasteiger partial charge on any atom is -0.480 e. The van der Waals surface area contributed by atoms with Crippen molar-refractivity contribution in [1.29, 1.82) is 0 Å². The zero-order chi connectivity index (χ0) is 24.0. The highest BCUT2D eigenvalue weighted by Crippen LogP contribution is 2.29. The van der Waals surface area contributed by atoms with Crippen molar-refractivity contribution >= 4 is 33.5 Å². The first-order valence-corrected chi connectivity index (χ1v) is 14.5. The van der Waals surface area contributed by atoms with Crippen molar-refractivity contribution in [3.8, 4) is 0 Å². The third-order valence-electron chi connectivity index (χ3n) is 6.06. The van der Waals surface area contributed by atoms with Gasteiger partial charge in [0.05, 0.1) is 6.54 Å². The highest BCUT2D eigenvalue weighted by atomic mass is 33.1. The first-order valence-electron chi connectivity index (χ1n) is 12.2. The molecular weight excluding hydrogens is 472 g/mol. The number of carboxylic acids is 1. The van der Waals surface area contributed by atoms with Crippen molar-refractivity contribution in [3.63, 3.8) is 0 Å². The molecule has 0 saturated carbocycles. The van der Waals surface area contributed by atoms with E-state index in [0.717, 1.165) is 95.5 Å². The van der Waals surface area contributed by atoms with Crippen molar-refractivity contribution in [3.05, 3.63) is 24.4 Å². The number of aliphatic carboxylic acids is 1. The van der Waals surface area contributed by atoms with Gasteiger partial charge >= 0.3 is 5.97 Å². The van der Waals surface area contributed by atoms with Crippen LogP contribution in [0.5, 0.6) is 0 Å². The van der Waals surface area contributed by atoms with Gasteiger partial charge in [-0.3, -0.25) is 19.9 Å². The largest absolute Gasteiger partial charge is 0.480 e. The molecular formula is C23H38N6O3S2. The Labute approximate surface area is 211 Å². The molecule has 2 saturated heterocycles. The Morgan fingerprint density at radius 3 is 2.41 bits per heavy atom. The van der Waals surface area contributed by atoms with Crippen molar-refractivity contribution in [1.82, 2.24) is 30.1 Å². The van der Waals surface area contributed by atoms with Crippen LogP contribution in [0.2, 0.25) is 0 Å². The fourth-order valence-corrected chi connectivity index (χ4v) is 6.17. The van der Waals surface area contributed by atoms with Crippen LogP contribution in [0.1, 0.15) is 25.7 Å². The van der Waals surface area contributed by atoms with Crippen LogP contribution < -0.4 is 5.43 Å². The van der Waals surface area contributed by atoms with E-state index in [1.165, 1.54) is 0 Å². The predicted molar refractivity (Wildman–Crippen MR) is 138 cm³/mol. The number of nitrogens with one attached hydrogen (secondary N) is 1. The molecule has 0 radical (unpaired) electrons. The summed E-state index contributed by atoms with van der Waals surface area (Å²) in [4.78, 5) is 35.0. The monoisotopic (exact) mass is 510 g/mol. The number of hydrogen-bond donors (Lipinski definition) is 2. The molecule has 0 aliphatic carbocycles. The highest BCUT2D eigenvalue weighted by Gasteiger charge is 2.19. The predicted octanol–water partition coefficient (Wildman–Crippen LogP) is 1.73. The van der Waals surface area contributed by atoms with E-state index in [-0.39, 0.29) is 12.5 Å². The van der Waals surface area contributed by atoms with Gasteiger partial charge in [-0.15, -0.1) is 0 Å². The van der Waals surface area contributed by atoms with Crippen molar-refractivity contribution in [2.45, 2.75) is 30.7 Å². The fraction of sp³-hybridized carbons (Fsp3) is 0.696. The van der Waals surface area contributed by atoms with Gasteiger partial charge in [0.15, 0.2) is 0 Å². The Hall–Kier alpha value is -1.37. The molecule has 0 aromatic carbocycles. The lowest BCUT2D eigenvalue weighted by atomic mass is 10.2. The molecule has 34 heavy (non-hydrogen) atoms. The average molecular weight is 511 g/mol. The Bertz CT molecular complexity index is 745. The van der Waals surface area contributed by atoms with Gasteiger partial charge in [0.1, 0.15) is 5.03 Å². The van der Waals surface area contributed by atoms with Crippen LogP contribution >= 0.6 is 21.6 Å². The molecule has 1 aromatic rings. The molecule has 0 spiro atoms. The minimum atomic E-state index is -0.751. The number of carbonyl (C=O) groups is 2. The zero-order valence-corrected chi connectivity index (χ0v) is 21.6. The molecule has 2 unspecified atom stereocenters. The van der Waals surface area contributed by atoms with Gasteiger partial charge in [0, 0.05) is 70.7 Å². The number of carbonyl (C=O) groups excluding carboxylic acids is 1. The lowest BCUT2D eigenvalue weighted by Gasteiger charge is -2.35. The van der Waals surface area contributed by atoms with E-state index in [0.29, 0.717) is 6.42 Å². The molecule has 1 amide bonds. The Morgan fingerprint density at radius 1 is 0.941 bits per heavy atom. The van der Waals surface area contributed by atoms with Crippen molar-refractivity contribution in [2.75, 3.05) is 77.7 Å². The third-order valence-corrected chi connectivity index (χ3v) is 8.41. The summed E-state index contributed by atoms with van der Waals surface area (Å²) in [5.41, 5.74) is 3.14. The number of fused-ring (bicyclic) bond motifs is 3. The number of hydrazine groups is 1. The van der Waals surface area contributed by atoms with Gasteiger partial charge in [-0.25, -0.2) is 9.99 Å². The van der Waals surface area contributed by atoms with E-state index < -0.39 is 5.97 Å². The number of rotatable bonds is 9. The first kappa shape index (κ1) is 27.2. The first-order chi connectivity index (χ1) is 16.6. The molecule has 11 heteroatoms. The number of amides is 1. The summed E-state index contributed by atoms with van der Waals surface area (Å²) < 4.78 is 0. The van der Waals surface area contributed by atoms with Crippen molar-refractivity contribution in [2.24, 2.45) is 0 Å². The number of hydrogen-bond acceptors (Lipinski definition) is 9. The van der Waals surface area contributed by atoms with E-state index in [1.807, 2.05) is 18.2 Å². The number of nitrogens with zero attached hydrogens (tertiary/aromatic N) is 5. The minimum absolute atomic E-state index is 0.0920. The van der Waals surface area contributed by atoms with Gasteiger partial charge in [0.2, 0.25) is 5.91 Å². The standard InChI is InChI=1S/C23H38N6O3S2/c30-21(6-3-19-33-34-22-7-1-2-8-24-22)25-29-12-5-10-26-13-14-27(17-18-29)9-4-11-28(16-15-26)20-23(31)32/h1-2,7-8H,3-6,9-20H2,(H,25,30)(H,31,32). The lowest BCUT2D eigenvalue weighted by Crippen LogP contribution is -2.51. The average Bonchev–Trinajstić information content (AvgIpc) is 2.82. The van der Waals surface area contributed by atoms with Gasteiger partial charge in [-0.1, -0.05) is 16.9 Å². The maximum Gasteiger partial charge on any atom is 0.317 e. The van der Waals surface area contributed by atoms with Crippen molar-refractivity contribution < 1.29 is 14.7 Å². The Balaban J connectivity index is 1.40. The molecule has 2 aliphatic rings. The second kappa shape index (κ2) is 15.6. The topological polar surface area (TPSA) is 92.3 Å². The maximum absolute atomic E-state index is 12.5. The van der Waals surface area contributed by atoms with Crippen LogP contribution in [0.3, 0.4) is 0 Å². The zero-order valence-electron chi connectivity index (χ0n) is 19.9. The highest BCUT2D eigenvalue weighted by molar-refractivity contribution is 8.76. The number of aromatic nitrogens is 1. The molecule has 2 N–H and O–H groups in total. The van der Waals surface area contributed by atoms with E-state index >= 15 is 0 Å². The summed E-state index contributed by atoms with van der Waals surface area (Å²) in [7, 11) is 3.39. The summed E-state index contributed by atoms with van der Waals surface area (Å²) >= 11 is 0. The third kappa shape index (κ3) is 10.9. The van der Waals surface area contributed by atoms with Crippen LogP contribution in [0, 0.1) is 0 Å². The molecule has 9 nitrogen and oxygen atoms in total. The Morgan fingerprint density at radius 2 is 1.68 bits per heavy atom. The van der Waals surface area contributed by atoms with Crippen LogP contribution in [-0.4, -0.2) is 119 Å². The van der Waals surface area contributed by atoms with E-state index in [2.05, 4.69) is 30.1 Å². The van der Waals surface area contributed by atoms with Crippen LogP contribution in [-0.2, 0) is 9.59 Å². The maximum atomic E-state index is 12.5. The lowest BCUT2D eigenvalue weighted by molar-refractivity contribution is -0.138. The summed E-state index contributed by atoms with van der Waals surface area (Å²) in [5, 5.41) is 12.3. The van der Waals surface area contributed by atoms with Crippen LogP contribution in [0.15, 0.2) is 29.4 Å². The van der Waals surface area contributed by atoms with E-state index in [9.17, 15) is 14.7 Å². The van der Waals surface area contributed by atoms with E-state index in [4.69, 9.17) is 0 Å². The molecule has 3 rings (SSSR count). The SMILES string of the molecule is O=C(O)CN1CCCN2CCN(CCCN(NC(=O)CCCSSc3ccccn3)CC2)CC1. The summed E-state index contributed by atoms with van der Waals surface area (Å²) in [6.07, 6.45) is 5.12.